The number of amides is 1. The molecule has 1 N–H and O–H groups in total. The Balaban J connectivity index is 2.29. The van der Waals surface area contributed by atoms with Crippen molar-refractivity contribution in [3.05, 3.63) is 28.3 Å². The number of rotatable bonds is 3. The summed E-state index contributed by atoms with van der Waals surface area (Å²) in [7, 11) is 1.38. The third-order valence-corrected chi connectivity index (χ3v) is 2.76. The van der Waals surface area contributed by atoms with Gasteiger partial charge in [0, 0.05) is 30.9 Å². The van der Waals surface area contributed by atoms with Gasteiger partial charge in [-0.3, -0.25) is 14.9 Å². The van der Waals surface area contributed by atoms with Crippen molar-refractivity contribution in [1.29, 1.82) is 0 Å². The highest BCUT2D eigenvalue weighted by atomic mass is 16.6. The van der Waals surface area contributed by atoms with E-state index in [0.29, 0.717) is 13.1 Å². The van der Waals surface area contributed by atoms with Crippen molar-refractivity contribution in [2.75, 3.05) is 31.6 Å². The number of nitrogens with zero attached hydrogens (tertiary/aromatic N) is 2. The molecule has 1 aliphatic rings. The molecule has 2 rings (SSSR count). The van der Waals surface area contributed by atoms with E-state index in [-0.39, 0.29) is 23.9 Å². The summed E-state index contributed by atoms with van der Waals surface area (Å²) in [5.74, 6) is 0.141. The second kappa shape index (κ2) is 4.91. The average molecular weight is 251 g/mol. The lowest BCUT2D eigenvalue weighted by Crippen LogP contribution is -2.47. The molecule has 1 aromatic rings. The van der Waals surface area contributed by atoms with E-state index in [1.165, 1.54) is 13.2 Å². The monoisotopic (exact) mass is 251 g/mol. The van der Waals surface area contributed by atoms with E-state index in [1.54, 1.807) is 12.1 Å². The number of anilines is 1. The van der Waals surface area contributed by atoms with Crippen LogP contribution in [-0.2, 0) is 4.79 Å². The Bertz CT molecular complexity index is 489. The fourth-order valence-corrected chi connectivity index (χ4v) is 1.87. The summed E-state index contributed by atoms with van der Waals surface area (Å²) in [6, 6.07) is 4.59. The zero-order valence-electron chi connectivity index (χ0n) is 9.88. The molecule has 0 aromatic heterocycles. The highest BCUT2D eigenvalue weighted by Crippen LogP contribution is 2.31. The fourth-order valence-electron chi connectivity index (χ4n) is 1.87. The molecule has 18 heavy (non-hydrogen) atoms. The molecule has 96 valence electrons. The van der Waals surface area contributed by atoms with Gasteiger partial charge in [-0.05, 0) is 6.07 Å². The van der Waals surface area contributed by atoms with E-state index in [9.17, 15) is 14.9 Å². The van der Waals surface area contributed by atoms with Gasteiger partial charge in [0.1, 0.15) is 0 Å². The standard InChI is InChI=1S/C11H13N3O4/c1-18-10-6-8(2-3-9(10)14(16)17)13-5-4-12-11(15)7-13/h2-3,6H,4-5,7H2,1H3,(H,12,15). The molecule has 0 saturated carbocycles. The van der Waals surface area contributed by atoms with Crippen molar-refractivity contribution in [2.24, 2.45) is 0 Å². The van der Waals surface area contributed by atoms with Gasteiger partial charge in [-0.2, -0.15) is 0 Å². The number of methoxy groups -OCH3 is 1. The molecular formula is C11H13N3O4. The number of benzene rings is 1. The number of nitro groups is 1. The number of carbonyl (C=O) groups is 1. The minimum absolute atomic E-state index is 0.0569. The van der Waals surface area contributed by atoms with Crippen LogP contribution in [0.15, 0.2) is 18.2 Å². The maximum absolute atomic E-state index is 11.3. The molecule has 1 heterocycles. The number of hydrogen-bond acceptors (Lipinski definition) is 5. The lowest BCUT2D eigenvalue weighted by atomic mass is 10.2. The predicted octanol–water partition coefficient (Wildman–Crippen LogP) is 0.540. The first-order chi connectivity index (χ1) is 8.61. The van der Waals surface area contributed by atoms with Crippen molar-refractivity contribution in [1.82, 2.24) is 5.32 Å². The summed E-state index contributed by atoms with van der Waals surface area (Å²) in [4.78, 5) is 23.4. The molecule has 7 heteroatoms. The number of nitrogens with one attached hydrogen (secondary N) is 1. The summed E-state index contributed by atoms with van der Waals surface area (Å²) in [5, 5.41) is 13.5. The molecule has 0 unspecified atom stereocenters. The lowest BCUT2D eigenvalue weighted by molar-refractivity contribution is -0.385. The Morgan fingerprint density at radius 1 is 1.50 bits per heavy atom. The Labute approximate surface area is 103 Å². The molecule has 1 amide bonds. The first-order valence-corrected chi connectivity index (χ1v) is 5.46. The van der Waals surface area contributed by atoms with Crippen LogP contribution in [0.2, 0.25) is 0 Å². The SMILES string of the molecule is COc1cc(N2CCNC(=O)C2)ccc1[N+](=O)[O-]. The van der Waals surface area contributed by atoms with Gasteiger partial charge in [0.2, 0.25) is 5.91 Å². The molecule has 0 spiro atoms. The highest BCUT2D eigenvalue weighted by Gasteiger charge is 2.20. The summed E-state index contributed by atoms with van der Waals surface area (Å²) in [6.07, 6.45) is 0. The quantitative estimate of drug-likeness (QED) is 0.626. The third kappa shape index (κ3) is 2.34. The van der Waals surface area contributed by atoms with E-state index in [0.717, 1.165) is 5.69 Å². The largest absolute Gasteiger partial charge is 0.490 e. The summed E-state index contributed by atoms with van der Waals surface area (Å²) >= 11 is 0. The zero-order valence-corrected chi connectivity index (χ0v) is 9.88. The molecule has 1 aromatic carbocycles. The number of carbonyl (C=O) groups excluding carboxylic acids is 1. The second-order valence-corrected chi connectivity index (χ2v) is 3.88. The second-order valence-electron chi connectivity index (χ2n) is 3.88. The Kier molecular flexibility index (Phi) is 3.31. The van der Waals surface area contributed by atoms with Crippen LogP contribution in [0.4, 0.5) is 11.4 Å². The molecule has 0 aliphatic carbocycles. The van der Waals surface area contributed by atoms with Gasteiger partial charge in [0.25, 0.3) is 0 Å². The van der Waals surface area contributed by atoms with Crippen molar-refractivity contribution in [3.63, 3.8) is 0 Å². The van der Waals surface area contributed by atoms with Crippen molar-refractivity contribution in [2.45, 2.75) is 0 Å². The third-order valence-electron chi connectivity index (χ3n) is 2.76. The number of nitro benzene ring substituents is 1. The van der Waals surface area contributed by atoms with E-state index in [1.807, 2.05) is 4.90 Å². The summed E-state index contributed by atoms with van der Waals surface area (Å²) < 4.78 is 5.00. The molecule has 1 aliphatic heterocycles. The minimum atomic E-state index is -0.495. The zero-order chi connectivity index (χ0) is 13.1. The van der Waals surface area contributed by atoms with E-state index in [2.05, 4.69) is 5.32 Å². The van der Waals surface area contributed by atoms with Crippen LogP contribution in [0.5, 0.6) is 5.75 Å². The van der Waals surface area contributed by atoms with Crippen LogP contribution in [0.25, 0.3) is 0 Å². The van der Waals surface area contributed by atoms with Crippen molar-refractivity contribution < 1.29 is 14.5 Å². The maximum atomic E-state index is 11.3. The van der Waals surface area contributed by atoms with Crippen molar-refractivity contribution >= 4 is 17.3 Å². The van der Waals surface area contributed by atoms with Gasteiger partial charge in [-0.25, -0.2) is 0 Å². The van der Waals surface area contributed by atoms with Crippen LogP contribution in [0.3, 0.4) is 0 Å². The van der Waals surface area contributed by atoms with Gasteiger partial charge >= 0.3 is 5.69 Å². The molecule has 1 fully saturated rings. The van der Waals surface area contributed by atoms with Crippen LogP contribution >= 0.6 is 0 Å². The van der Waals surface area contributed by atoms with Crippen LogP contribution in [-0.4, -0.2) is 37.6 Å². The molecule has 7 nitrogen and oxygen atoms in total. The van der Waals surface area contributed by atoms with Crippen LogP contribution in [0.1, 0.15) is 0 Å². The van der Waals surface area contributed by atoms with Crippen molar-refractivity contribution in [3.8, 4) is 5.75 Å². The highest BCUT2D eigenvalue weighted by molar-refractivity contribution is 5.82. The summed E-state index contributed by atoms with van der Waals surface area (Å²) in [6.45, 7) is 1.49. The van der Waals surface area contributed by atoms with Crippen LogP contribution in [0, 0.1) is 10.1 Å². The van der Waals surface area contributed by atoms with Gasteiger partial charge in [0.15, 0.2) is 5.75 Å². The number of piperazine rings is 1. The summed E-state index contributed by atoms with van der Waals surface area (Å²) in [5.41, 5.74) is 0.662. The first-order valence-electron chi connectivity index (χ1n) is 5.46. The molecule has 1 saturated heterocycles. The topological polar surface area (TPSA) is 84.7 Å². The lowest BCUT2D eigenvalue weighted by Gasteiger charge is -2.28. The van der Waals surface area contributed by atoms with E-state index in [4.69, 9.17) is 4.74 Å². The van der Waals surface area contributed by atoms with Gasteiger partial charge in [-0.1, -0.05) is 0 Å². The fraction of sp³-hybridized carbons (Fsp3) is 0.364. The minimum Gasteiger partial charge on any atom is -0.490 e. The Hall–Kier alpha value is -2.31. The molecular weight excluding hydrogens is 238 g/mol. The van der Waals surface area contributed by atoms with E-state index >= 15 is 0 Å². The smallest absolute Gasteiger partial charge is 0.311 e. The predicted molar refractivity (Wildman–Crippen MR) is 64.9 cm³/mol. The number of hydrogen-bond donors (Lipinski definition) is 1. The van der Waals surface area contributed by atoms with Gasteiger partial charge in [0.05, 0.1) is 18.6 Å². The van der Waals surface area contributed by atoms with Crippen LogP contribution < -0.4 is 15.0 Å². The molecule has 0 bridgehead atoms. The molecule has 0 atom stereocenters. The average Bonchev–Trinajstić information content (AvgIpc) is 2.37. The first kappa shape index (κ1) is 12.2. The normalized spacial score (nSPS) is 15.2. The molecule has 0 radical (unpaired) electrons. The van der Waals surface area contributed by atoms with E-state index < -0.39 is 4.92 Å². The van der Waals surface area contributed by atoms with Gasteiger partial charge < -0.3 is 15.0 Å². The maximum Gasteiger partial charge on any atom is 0.311 e. The number of ether oxygens (including phenoxy) is 1. The Morgan fingerprint density at radius 2 is 2.28 bits per heavy atom. The van der Waals surface area contributed by atoms with Gasteiger partial charge in [-0.15, -0.1) is 0 Å². The Morgan fingerprint density at radius 3 is 2.89 bits per heavy atom.